The summed E-state index contributed by atoms with van der Waals surface area (Å²) in [6, 6.07) is 25.8. The van der Waals surface area contributed by atoms with Crippen LogP contribution < -0.4 is 5.73 Å². The summed E-state index contributed by atoms with van der Waals surface area (Å²) in [5.74, 6) is -0.569. The molecular weight excluding hydrogens is 352 g/mol. The van der Waals surface area contributed by atoms with Gasteiger partial charge in [-0.25, -0.2) is 4.98 Å². The Labute approximate surface area is 161 Å². The van der Waals surface area contributed by atoms with E-state index in [1.807, 2.05) is 54.6 Å². The number of primary amides is 1. The van der Waals surface area contributed by atoms with Crippen molar-refractivity contribution in [2.75, 3.05) is 0 Å². The smallest absolute Gasteiger partial charge is 0.267 e. The van der Waals surface area contributed by atoms with E-state index in [0.29, 0.717) is 11.0 Å². The zero-order valence-corrected chi connectivity index (χ0v) is 14.9. The molecule has 3 N–H and O–H groups in total. The third kappa shape index (κ3) is 4.95. The molecule has 0 aliphatic rings. The summed E-state index contributed by atoms with van der Waals surface area (Å²) in [7, 11) is 0. The van der Waals surface area contributed by atoms with E-state index in [9.17, 15) is 4.79 Å². The van der Waals surface area contributed by atoms with Gasteiger partial charge in [0.15, 0.2) is 0 Å². The molecule has 0 unspecified atom stereocenters. The van der Waals surface area contributed by atoms with Gasteiger partial charge in [0.25, 0.3) is 5.91 Å². The summed E-state index contributed by atoms with van der Waals surface area (Å²) in [5.41, 5.74) is 6.81. The Morgan fingerprint density at radius 3 is 2.14 bits per heavy atom. The molecule has 0 aliphatic heterocycles. The number of benzene rings is 1. The molecule has 2 aromatic heterocycles. The van der Waals surface area contributed by atoms with Gasteiger partial charge in [0, 0.05) is 17.0 Å². The minimum atomic E-state index is -0.569. The largest absolute Gasteiger partial charge is 0.364 e. The van der Waals surface area contributed by atoms with E-state index in [1.165, 1.54) is 0 Å². The van der Waals surface area contributed by atoms with Gasteiger partial charge in [-0.2, -0.15) is 10.3 Å². The van der Waals surface area contributed by atoms with Crippen LogP contribution in [0.3, 0.4) is 0 Å². The third-order valence-electron chi connectivity index (χ3n) is 3.71. The van der Waals surface area contributed by atoms with Gasteiger partial charge in [-0.05, 0) is 30.3 Å². The zero-order chi connectivity index (χ0) is 19.6. The lowest BCUT2D eigenvalue weighted by atomic mass is 10.1. The van der Waals surface area contributed by atoms with Gasteiger partial charge in [-0.3, -0.25) is 4.79 Å². The van der Waals surface area contributed by atoms with Crippen molar-refractivity contribution < 1.29 is 4.79 Å². The van der Waals surface area contributed by atoms with Crippen LogP contribution in [0.5, 0.6) is 0 Å². The summed E-state index contributed by atoms with van der Waals surface area (Å²) in [4.78, 5) is 15.7. The Morgan fingerprint density at radius 1 is 0.750 bits per heavy atom. The normalized spacial score (nSPS) is 9.71. The van der Waals surface area contributed by atoms with Crippen LogP contribution in [0.25, 0.3) is 21.8 Å². The predicted molar refractivity (Wildman–Crippen MR) is 108 cm³/mol. The number of pyridine rings is 1. The number of hydrogen-bond donors (Lipinski definition) is 2. The highest BCUT2D eigenvalue weighted by Crippen LogP contribution is 2.21. The molecule has 0 atom stereocenters. The van der Waals surface area contributed by atoms with Gasteiger partial charge in [0.1, 0.15) is 5.69 Å². The number of nitrogens with zero attached hydrogens (tertiary/aromatic N) is 4. The molecule has 1 aromatic carbocycles. The van der Waals surface area contributed by atoms with Gasteiger partial charge in [-0.1, -0.05) is 59.8 Å². The SMILES string of the molecule is NC(=O)c1ccc2c(ccc3nn[nH]ncccccccccccc32)n1. The quantitative estimate of drug-likeness (QED) is 0.682. The second kappa shape index (κ2) is 9.54. The van der Waals surface area contributed by atoms with Crippen molar-refractivity contribution in [3.63, 3.8) is 0 Å². The van der Waals surface area contributed by atoms with Crippen molar-refractivity contribution in [3.05, 3.63) is 96.8 Å². The van der Waals surface area contributed by atoms with Crippen LogP contribution in [0, 0.1) is 0 Å². The Morgan fingerprint density at radius 2 is 1.39 bits per heavy atom. The van der Waals surface area contributed by atoms with Crippen LogP contribution in [-0.4, -0.2) is 31.5 Å². The molecule has 0 radical (unpaired) electrons. The number of carbonyl (C=O) groups is 1. The van der Waals surface area contributed by atoms with Gasteiger partial charge in [0.2, 0.25) is 0 Å². The second-order valence-corrected chi connectivity index (χ2v) is 5.60. The van der Waals surface area contributed by atoms with Crippen molar-refractivity contribution in [1.29, 1.82) is 0 Å². The summed E-state index contributed by atoms with van der Waals surface area (Å²) in [5, 5.41) is 16.2. The maximum absolute atomic E-state index is 11.4. The lowest BCUT2D eigenvalue weighted by Gasteiger charge is -2.02. The minimum Gasteiger partial charge on any atom is -0.364 e. The average molecular weight is 370 g/mol. The van der Waals surface area contributed by atoms with Crippen LogP contribution in [0.2, 0.25) is 0 Å². The van der Waals surface area contributed by atoms with Crippen molar-refractivity contribution >= 4 is 27.7 Å². The van der Waals surface area contributed by atoms with E-state index >= 15 is 0 Å². The standard InChI is InChI=1S/C21H18N6O/c22-21(28)20-12-11-17-16-10-8-6-4-2-1-3-5-7-9-15-23-26-27-25-19(16)14-13-18(17)24-20/h1-15H,(H2,22,28)(H,25,26). The average Bonchev–Trinajstić information content (AvgIpc) is 2.70. The lowest BCUT2D eigenvalue weighted by Crippen LogP contribution is -2.12. The van der Waals surface area contributed by atoms with Gasteiger partial charge in [0.05, 0.1) is 11.0 Å². The van der Waals surface area contributed by atoms with Crippen molar-refractivity contribution in [2.24, 2.45) is 5.73 Å². The molecule has 3 aromatic rings. The molecule has 0 spiro atoms. The van der Waals surface area contributed by atoms with E-state index < -0.39 is 5.91 Å². The first-order valence-corrected chi connectivity index (χ1v) is 8.51. The van der Waals surface area contributed by atoms with E-state index in [0.717, 1.165) is 10.8 Å². The molecule has 0 saturated carbocycles. The monoisotopic (exact) mass is 370 g/mol. The fourth-order valence-corrected chi connectivity index (χ4v) is 2.44. The number of hydrogen-bond acceptors (Lipinski definition) is 5. The third-order valence-corrected chi connectivity index (χ3v) is 3.71. The van der Waals surface area contributed by atoms with Crippen molar-refractivity contribution in [1.82, 2.24) is 25.6 Å². The number of H-pyrrole nitrogens is 1. The van der Waals surface area contributed by atoms with Crippen LogP contribution >= 0.6 is 0 Å². The number of aromatic nitrogens is 5. The van der Waals surface area contributed by atoms with E-state index in [-0.39, 0.29) is 5.69 Å². The summed E-state index contributed by atoms with van der Waals surface area (Å²) >= 11 is 0. The molecule has 2 heterocycles. The number of amides is 1. The molecule has 0 saturated heterocycles. The van der Waals surface area contributed by atoms with Crippen LogP contribution in [-0.2, 0) is 0 Å². The summed E-state index contributed by atoms with van der Waals surface area (Å²) < 4.78 is 0. The number of rotatable bonds is 1. The van der Waals surface area contributed by atoms with E-state index in [2.05, 4.69) is 25.6 Å². The topological polar surface area (TPSA) is 110 Å². The van der Waals surface area contributed by atoms with E-state index in [4.69, 9.17) is 5.73 Å². The molecule has 0 fully saturated rings. The Balaban J connectivity index is 2.28. The first kappa shape index (κ1) is 18.7. The highest BCUT2D eigenvalue weighted by Gasteiger charge is 2.05. The number of nitrogens with one attached hydrogen (secondary N) is 1. The molecule has 7 nitrogen and oxygen atoms in total. The molecule has 0 aliphatic carbocycles. The highest BCUT2D eigenvalue weighted by molar-refractivity contribution is 6.05. The molecule has 0 bridgehead atoms. The molecule has 138 valence electrons. The summed E-state index contributed by atoms with van der Waals surface area (Å²) in [6.07, 6.45) is 1.57. The maximum atomic E-state index is 11.4. The predicted octanol–water partition coefficient (Wildman–Crippen LogP) is 3.37. The number of carbonyl (C=O) groups excluding carboxylic acids is 1. The van der Waals surface area contributed by atoms with Crippen molar-refractivity contribution in [2.45, 2.75) is 0 Å². The van der Waals surface area contributed by atoms with Crippen LogP contribution in [0.15, 0.2) is 91.1 Å². The van der Waals surface area contributed by atoms with Crippen molar-refractivity contribution in [3.8, 4) is 0 Å². The van der Waals surface area contributed by atoms with Gasteiger partial charge >= 0.3 is 0 Å². The maximum Gasteiger partial charge on any atom is 0.267 e. The fraction of sp³-hybridized carbons (Fsp3) is 0. The highest BCUT2D eigenvalue weighted by atomic mass is 16.1. The Kier molecular flexibility index (Phi) is 6.35. The van der Waals surface area contributed by atoms with Gasteiger partial charge < -0.3 is 5.73 Å². The number of aromatic amines is 1. The number of nitrogens with two attached hydrogens (primary N) is 1. The zero-order valence-electron chi connectivity index (χ0n) is 14.9. The lowest BCUT2D eigenvalue weighted by molar-refractivity contribution is 0.0996. The Bertz CT molecular complexity index is 1170. The second-order valence-electron chi connectivity index (χ2n) is 5.60. The fourth-order valence-electron chi connectivity index (χ4n) is 2.44. The van der Waals surface area contributed by atoms with E-state index in [1.54, 1.807) is 36.5 Å². The Hall–Kier alpha value is -4.13. The van der Waals surface area contributed by atoms with Gasteiger partial charge in [-0.15, -0.1) is 5.10 Å². The molecular formula is C21H18N6O. The number of fused-ring (bicyclic) bond motifs is 3. The minimum absolute atomic E-state index is 0.212. The first-order chi connectivity index (χ1) is 13.8. The molecule has 1 amide bonds. The molecule has 3 rings (SSSR count). The van der Waals surface area contributed by atoms with Crippen LogP contribution in [0.1, 0.15) is 10.5 Å². The molecule has 28 heavy (non-hydrogen) atoms. The first-order valence-electron chi connectivity index (χ1n) is 8.51. The summed E-state index contributed by atoms with van der Waals surface area (Å²) in [6.45, 7) is 0. The molecule has 7 heteroatoms. The van der Waals surface area contributed by atoms with Crippen LogP contribution in [0.4, 0.5) is 0 Å².